The van der Waals surface area contributed by atoms with E-state index < -0.39 is 0 Å². The normalized spacial score (nSPS) is 10.0. The van der Waals surface area contributed by atoms with Gasteiger partial charge < -0.3 is 15.4 Å². The van der Waals surface area contributed by atoms with Crippen LogP contribution in [0.15, 0.2) is 24.3 Å². The molecule has 116 valence electrons. The summed E-state index contributed by atoms with van der Waals surface area (Å²) in [6, 6.07) is 7.18. The Morgan fingerprint density at radius 2 is 1.86 bits per heavy atom. The van der Waals surface area contributed by atoms with Crippen molar-refractivity contribution >= 4 is 17.5 Å². The maximum atomic E-state index is 11.8. The van der Waals surface area contributed by atoms with E-state index >= 15 is 0 Å². The fourth-order valence-corrected chi connectivity index (χ4v) is 1.86. The van der Waals surface area contributed by atoms with Gasteiger partial charge in [-0.05, 0) is 25.5 Å². The van der Waals surface area contributed by atoms with Gasteiger partial charge in [-0.3, -0.25) is 9.59 Å². The number of hydrogen-bond acceptors (Lipinski definition) is 3. The summed E-state index contributed by atoms with van der Waals surface area (Å²) in [5, 5.41) is 5.45. The molecule has 0 unspecified atom stereocenters. The minimum Gasteiger partial charge on any atom is -0.492 e. The van der Waals surface area contributed by atoms with Crippen LogP contribution < -0.4 is 15.4 Å². The smallest absolute Gasteiger partial charge is 0.233 e. The number of benzene rings is 1. The highest BCUT2D eigenvalue weighted by Gasteiger charge is 2.11. The topological polar surface area (TPSA) is 67.4 Å². The molecule has 0 spiro atoms. The van der Waals surface area contributed by atoms with Gasteiger partial charge >= 0.3 is 0 Å². The molecule has 0 aliphatic carbocycles. The fourth-order valence-electron chi connectivity index (χ4n) is 1.86. The summed E-state index contributed by atoms with van der Waals surface area (Å²) in [5.41, 5.74) is 0.586. The van der Waals surface area contributed by atoms with Crippen LogP contribution >= 0.6 is 0 Å². The Kier molecular flexibility index (Phi) is 7.94. The van der Waals surface area contributed by atoms with Crippen LogP contribution in [-0.2, 0) is 9.59 Å². The van der Waals surface area contributed by atoms with Gasteiger partial charge in [-0.1, -0.05) is 31.9 Å². The van der Waals surface area contributed by atoms with Crippen LogP contribution in [0.2, 0.25) is 0 Å². The monoisotopic (exact) mass is 292 g/mol. The molecule has 0 bridgehead atoms. The zero-order valence-corrected chi connectivity index (χ0v) is 12.8. The molecule has 5 nitrogen and oxygen atoms in total. The predicted molar refractivity (Wildman–Crippen MR) is 83.4 cm³/mol. The highest BCUT2D eigenvalue weighted by Crippen LogP contribution is 2.23. The van der Waals surface area contributed by atoms with Crippen LogP contribution in [0.5, 0.6) is 5.75 Å². The zero-order valence-electron chi connectivity index (χ0n) is 12.8. The number of anilines is 1. The third-order valence-electron chi connectivity index (χ3n) is 2.88. The summed E-state index contributed by atoms with van der Waals surface area (Å²) in [4.78, 5) is 23.5. The molecule has 2 N–H and O–H groups in total. The molecule has 1 rings (SSSR count). The molecule has 0 aliphatic rings. The highest BCUT2D eigenvalue weighted by molar-refractivity contribution is 6.04. The van der Waals surface area contributed by atoms with Crippen LogP contribution in [0.1, 0.15) is 39.5 Å². The molecule has 0 aliphatic heterocycles. The average Bonchev–Trinajstić information content (AvgIpc) is 2.46. The molecule has 0 radical (unpaired) electrons. The van der Waals surface area contributed by atoms with E-state index in [-0.39, 0.29) is 18.2 Å². The first kappa shape index (κ1) is 17.0. The third kappa shape index (κ3) is 6.79. The van der Waals surface area contributed by atoms with Crippen molar-refractivity contribution in [3.05, 3.63) is 24.3 Å². The molecule has 21 heavy (non-hydrogen) atoms. The van der Waals surface area contributed by atoms with E-state index in [1.54, 1.807) is 12.1 Å². The maximum absolute atomic E-state index is 11.8. The Hall–Kier alpha value is -2.04. The number of carbonyl (C=O) groups excluding carboxylic acids is 2. The molecular formula is C16H24N2O3. The first-order chi connectivity index (χ1) is 10.2. The quantitative estimate of drug-likeness (QED) is 0.543. The first-order valence-corrected chi connectivity index (χ1v) is 7.45. The zero-order chi connectivity index (χ0) is 15.5. The lowest BCUT2D eigenvalue weighted by molar-refractivity contribution is -0.126. The summed E-state index contributed by atoms with van der Waals surface area (Å²) in [7, 11) is 0. The van der Waals surface area contributed by atoms with Crippen molar-refractivity contribution in [3.63, 3.8) is 0 Å². The molecule has 0 fully saturated rings. The van der Waals surface area contributed by atoms with Crippen molar-refractivity contribution in [3.8, 4) is 5.75 Å². The first-order valence-electron chi connectivity index (χ1n) is 7.45. The van der Waals surface area contributed by atoms with Crippen molar-refractivity contribution in [2.45, 2.75) is 39.5 Å². The molecule has 0 heterocycles. The molecular weight excluding hydrogens is 268 g/mol. The number of unbranched alkanes of at least 4 members (excludes halogenated alkanes) is 2. The van der Waals surface area contributed by atoms with Gasteiger partial charge in [0.15, 0.2) is 0 Å². The van der Waals surface area contributed by atoms with Crippen molar-refractivity contribution in [2.24, 2.45) is 0 Å². The summed E-state index contributed by atoms with van der Waals surface area (Å²) < 4.78 is 5.42. The Balaban J connectivity index is 2.41. The molecule has 2 amide bonds. The highest BCUT2D eigenvalue weighted by atomic mass is 16.5. The molecule has 1 aromatic rings. The Morgan fingerprint density at radius 1 is 1.10 bits per heavy atom. The predicted octanol–water partition coefficient (Wildman–Crippen LogP) is 2.72. The lowest BCUT2D eigenvalue weighted by Gasteiger charge is -2.11. The van der Waals surface area contributed by atoms with E-state index in [4.69, 9.17) is 4.74 Å². The van der Waals surface area contributed by atoms with E-state index in [1.807, 2.05) is 19.1 Å². The molecule has 1 aromatic carbocycles. The Morgan fingerprint density at radius 3 is 2.57 bits per heavy atom. The molecule has 5 heteroatoms. The van der Waals surface area contributed by atoms with Gasteiger partial charge in [0.05, 0.1) is 12.3 Å². The second-order valence-corrected chi connectivity index (χ2v) is 4.71. The molecule has 0 saturated carbocycles. The number of carbonyl (C=O) groups is 2. The van der Waals surface area contributed by atoms with Gasteiger partial charge in [0.25, 0.3) is 0 Å². The van der Waals surface area contributed by atoms with Crippen LogP contribution in [0.25, 0.3) is 0 Å². The number of nitrogens with one attached hydrogen (secondary N) is 2. The van der Waals surface area contributed by atoms with Crippen LogP contribution in [0, 0.1) is 0 Å². The van der Waals surface area contributed by atoms with Crippen molar-refractivity contribution in [2.75, 3.05) is 18.5 Å². The van der Waals surface area contributed by atoms with Crippen molar-refractivity contribution in [1.29, 1.82) is 0 Å². The van der Waals surface area contributed by atoms with Gasteiger partial charge in [-0.2, -0.15) is 0 Å². The van der Waals surface area contributed by atoms with Gasteiger partial charge in [0.1, 0.15) is 12.2 Å². The van der Waals surface area contributed by atoms with Crippen LogP contribution in [-0.4, -0.2) is 25.0 Å². The summed E-state index contributed by atoms with van der Waals surface area (Å²) in [5.74, 6) is 0.0179. The fraction of sp³-hybridized carbons (Fsp3) is 0.500. The van der Waals surface area contributed by atoms with Crippen LogP contribution in [0.4, 0.5) is 5.69 Å². The SMILES string of the molecule is CCCCCNC(=O)CC(=O)Nc1ccccc1OCC. The van der Waals surface area contributed by atoms with Gasteiger partial charge in [0, 0.05) is 6.54 Å². The summed E-state index contributed by atoms with van der Waals surface area (Å²) in [6.45, 7) is 5.12. The van der Waals surface area contributed by atoms with E-state index in [2.05, 4.69) is 17.6 Å². The number of rotatable bonds is 9. The standard InChI is InChI=1S/C16H24N2O3/c1-3-5-8-11-17-15(19)12-16(20)18-13-9-6-7-10-14(13)21-4-2/h6-7,9-10H,3-5,8,11-12H2,1-2H3,(H,17,19)(H,18,20). The van der Waals surface area contributed by atoms with Gasteiger partial charge in [-0.25, -0.2) is 0 Å². The molecule has 0 atom stereocenters. The van der Waals surface area contributed by atoms with E-state index in [1.165, 1.54) is 0 Å². The lowest BCUT2D eigenvalue weighted by Crippen LogP contribution is -2.28. The van der Waals surface area contributed by atoms with Crippen molar-refractivity contribution < 1.29 is 14.3 Å². The number of amides is 2. The van der Waals surface area contributed by atoms with Crippen LogP contribution in [0.3, 0.4) is 0 Å². The Labute approximate surface area is 126 Å². The van der Waals surface area contributed by atoms with E-state index in [0.717, 1.165) is 19.3 Å². The Bertz CT molecular complexity index is 461. The molecule has 0 aromatic heterocycles. The number of ether oxygens (including phenoxy) is 1. The number of para-hydroxylation sites is 2. The van der Waals surface area contributed by atoms with E-state index in [0.29, 0.717) is 24.6 Å². The van der Waals surface area contributed by atoms with Gasteiger partial charge in [-0.15, -0.1) is 0 Å². The van der Waals surface area contributed by atoms with Crippen molar-refractivity contribution in [1.82, 2.24) is 5.32 Å². The molecule has 0 saturated heterocycles. The second-order valence-electron chi connectivity index (χ2n) is 4.71. The van der Waals surface area contributed by atoms with Gasteiger partial charge in [0.2, 0.25) is 11.8 Å². The summed E-state index contributed by atoms with van der Waals surface area (Å²) in [6.07, 6.45) is 2.95. The summed E-state index contributed by atoms with van der Waals surface area (Å²) >= 11 is 0. The van der Waals surface area contributed by atoms with E-state index in [9.17, 15) is 9.59 Å². The number of hydrogen-bond donors (Lipinski definition) is 2. The lowest BCUT2D eigenvalue weighted by atomic mass is 10.2. The minimum absolute atomic E-state index is 0.174. The second kappa shape index (κ2) is 9.80. The third-order valence-corrected chi connectivity index (χ3v) is 2.88. The minimum atomic E-state index is -0.338. The average molecular weight is 292 g/mol. The maximum Gasteiger partial charge on any atom is 0.233 e. The largest absolute Gasteiger partial charge is 0.492 e.